The fraction of sp³-hybridized carbons (Fsp3) is 0. The molecular weight excluding hydrogens is 284 g/mol. The van der Waals surface area contributed by atoms with E-state index in [9.17, 15) is 0 Å². The molecule has 4 heteroatoms. The van der Waals surface area contributed by atoms with Gasteiger partial charge in [-0.05, 0) is 6.07 Å². The number of aliphatic imine (C=N–C) groups is 1. The molecule has 0 unspecified atom stereocenters. The molecule has 0 N–H and O–H groups in total. The highest BCUT2D eigenvalue weighted by molar-refractivity contribution is 6.13. The number of benzene rings is 2. The van der Waals surface area contributed by atoms with E-state index in [0.717, 1.165) is 28.2 Å². The number of hydrogen-bond acceptors (Lipinski definition) is 3. The van der Waals surface area contributed by atoms with Crippen LogP contribution in [0.4, 0.5) is 5.69 Å². The molecule has 0 saturated carbocycles. The Balaban J connectivity index is 1.87. The number of hydrogen-bond donors (Lipinski definition) is 0. The van der Waals surface area contributed by atoms with Gasteiger partial charge in [0.25, 0.3) is 0 Å². The Hall–Kier alpha value is -3.27. The molecule has 2 heterocycles. The minimum Gasteiger partial charge on any atom is -0.289 e. The first-order chi connectivity index (χ1) is 11.4. The number of nitrogens with zero attached hydrogens (tertiary/aromatic N) is 4. The Bertz CT molecular complexity index is 915. The molecule has 4 aromatic rings. The van der Waals surface area contributed by atoms with Gasteiger partial charge >= 0.3 is 0 Å². The molecule has 0 spiro atoms. The van der Waals surface area contributed by atoms with Crippen LogP contribution in [0.2, 0.25) is 0 Å². The molecule has 4 nitrogen and oxygen atoms in total. The third kappa shape index (κ3) is 2.74. The van der Waals surface area contributed by atoms with Crippen LogP contribution < -0.4 is 0 Å². The molecule has 110 valence electrons. The lowest BCUT2D eigenvalue weighted by atomic mass is 10.0. The molecule has 0 atom stereocenters. The Labute approximate surface area is 133 Å². The van der Waals surface area contributed by atoms with Crippen LogP contribution in [0.3, 0.4) is 0 Å². The molecule has 0 amide bonds. The number of aromatic nitrogens is 3. The lowest BCUT2D eigenvalue weighted by Gasteiger charge is -2.07. The Morgan fingerprint density at radius 2 is 1.48 bits per heavy atom. The first-order valence-electron chi connectivity index (χ1n) is 7.39. The molecule has 2 aromatic carbocycles. The highest BCUT2D eigenvalue weighted by atomic mass is 15.2. The smallest absolute Gasteiger partial charge is 0.162 e. The predicted octanol–water partition coefficient (Wildman–Crippen LogP) is 3.90. The minimum absolute atomic E-state index is 0.784. The summed E-state index contributed by atoms with van der Waals surface area (Å²) in [6, 6.07) is 24.3. The third-order valence-electron chi connectivity index (χ3n) is 3.62. The summed E-state index contributed by atoms with van der Waals surface area (Å²) in [5.74, 6) is 0. The van der Waals surface area contributed by atoms with E-state index in [1.54, 1.807) is 6.33 Å². The second-order valence-electron chi connectivity index (χ2n) is 5.17. The van der Waals surface area contributed by atoms with Gasteiger partial charge in [0, 0.05) is 23.4 Å². The second-order valence-corrected chi connectivity index (χ2v) is 5.17. The molecule has 0 radical (unpaired) electrons. The van der Waals surface area contributed by atoms with Gasteiger partial charge in [-0.25, -0.2) is 4.99 Å². The van der Waals surface area contributed by atoms with E-state index in [4.69, 9.17) is 4.99 Å². The normalized spacial score (nSPS) is 10.6. The monoisotopic (exact) mass is 298 g/mol. The highest BCUT2D eigenvalue weighted by Crippen LogP contribution is 2.19. The van der Waals surface area contributed by atoms with Gasteiger partial charge in [0.2, 0.25) is 0 Å². The van der Waals surface area contributed by atoms with Gasteiger partial charge in [0.15, 0.2) is 5.65 Å². The molecule has 0 aliphatic heterocycles. The van der Waals surface area contributed by atoms with Crippen molar-refractivity contribution in [3.05, 3.63) is 96.4 Å². The summed E-state index contributed by atoms with van der Waals surface area (Å²) in [6.45, 7) is 0. The van der Waals surface area contributed by atoms with Gasteiger partial charge in [-0.2, -0.15) is 0 Å². The number of pyridine rings is 1. The Morgan fingerprint density at radius 3 is 2.13 bits per heavy atom. The quantitative estimate of drug-likeness (QED) is 0.538. The Morgan fingerprint density at radius 1 is 0.826 bits per heavy atom. The molecule has 0 aliphatic rings. The van der Waals surface area contributed by atoms with Gasteiger partial charge in [-0.3, -0.25) is 4.40 Å². The van der Waals surface area contributed by atoms with Crippen LogP contribution in [0.25, 0.3) is 5.65 Å². The van der Waals surface area contributed by atoms with Crippen LogP contribution in [0.1, 0.15) is 11.1 Å². The number of fused-ring (bicyclic) bond motifs is 1. The molecule has 0 fully saturated rings. The SMILES string of the molecule is c1ccc(C(=Nc2ccn3cnnc3c2)c2ccccc2)cc1. The molecule has 0 saturated heterocycles. The van der Waals surface area contributed by atoms with Crippen LogP contribution in [0, 0.1) is 0 Å². The fourth-order valence-corrected chi connectivity index (χ4v) is 2.49. The summed E-state index contributed by atoms with van der Waals surface area (Å²) in [5.41, 5.74) is 4.75. The van der Waals surface area contributed by atoms with Crippen LogP contribution in [-0.4, -0.2) is 20.3 Å². The van der Waals surface area contributed by atoms with Gasteiger partial charge in [0.05, 0.1) is 11.4 Å². The first-order valence-corrected chi connectivity index (χ1v) is 7.39. The van der Waals surface area contributed by atoms with E-state index in [2.05, 4.69) is 34.5 Å². The average Bonchev–Trinajstić information content (AvgIpc) is 3.09. The summed E-state index contributed by atoms with van der Waals surface area (Å²) in [7, 11) is 0. The van der Waals surface area contributed by atoms with Crippen LogP contribution in [-0.2, 0) is 0 Å². The van der Waals surface area contributed by atoms with Crippen LogP contribution in [0.5, 0.6) is 0 Å². The van der Waals surface area contributed by atoms with Crippen LogP contribution >= 0.6 is 0 Å². The van der Waals surface area contributed by atoms with Crippen molar-refractivity contribution in [1.29, 1.82) is 0 Å². The largest absolute Gasteiger partial charge is 0.289 e. The zero-order chi connectivity index (χ0) is 15.5. The maximum Gasteiger partial charge on any atom is 0.162 e. The third-order valence-corrected chi connectivity index (χ3v) is 3.62. The van der Waals surface area contributed by atoms with Gasteiger partial charge in [-0.15, -0.1) is 10.2 Å². The zero-order valence-corrected chi connectivity index (χ0v) is 12.4. The van der Waals surface area contributed by atoms with Crippen LogP contribution in [0.15, 0.2) is 90.3 Å². The summed E-state index contributed by atoms with van der Waals surface area (Å²) >= 11 is 0. The zero-order valence-electron chi connectivity index (χ0n) is 12.4. The van der Waals surface area contributed by atoms with Crippen molar-refractivity contribution in [3.63, 3.8) is 0 Å². The van der Waals surface area contributed by atoms with E-state index in [1.807, 2.05) is 59.1 Å². The highest BCUT2D eigenvalue weighted by Gasteiger charge is 2.07. The minimum atomic E-state index is 0.784. The maximum atomic E-state index is 4.86. The van der Waals surface area contributed by atoms with Gasteiger partial charge in [0.1, 0.15) is 6.33 Å². The van der Waals surface area contributed by atoms with E-state index < -0.39 is 0 Å². The van der Waals surface area contributed by atoms with Crippen molar-refractivity contribution in [1.82, 2.24) is 14.6 Å². The number of rotatable bonds is 3. The summed E-state index contributed by atoms with van der Waals surface area (Å²) < 4.78 is 1.86. The fourth-order valence-electron chi connectivity index (χ4n) is 2.49. The second kappa shape index (κ2) is 5.85. The standard InChI is InChI=1S/C19H14N4/c1-3-7-15(8-4-1)19(16-9-5-2-6-10-16)21-17-11-12-23-14-20-22-18(23)13-17/h1-14H. The first kappa shape index (κ1) is 13.4. The molecule has 0 aliphatic carbocycles. The van der Waals surface area contributed by atoms with Crippen molar-refractivity contribution >= 4 is 17.0 Å². The van der Waals surface area contributed by atoms with Crippen molar-refractivity contribution < 1.29 is 0 Å². The predicted molar refractivity (Wildman–Crippen MR) is 91.2 cm³/mol. The lowest BCUT2D eigenvalue weighted by Crippen LogP contribution is -2.02. The van der Waals surface area contributed by atoms with Crippen molar-refractivity contribution in [3.8, 4) is 0 Å². The lowest BCUT2D eigenvalue weighted by molar-refractivity contribution is 1.10. The molecule has 23 heavy (non-hydrogen) atoms. The van der Waals surface area contributed by atoms with Crippen molar-refractivity contribution in [2.45, 2.75) is 0 Å². The maximum absolute atomic E-state index is 4.86. The molecule has 4 rings (SSSR count). The van der Waals surface area contributed by atoms with Crippen molar-refractivity contribution in [2.75, 3.05) is 0 Å². The summed E-state index contributed by atoms with van der Waals surface area (Å²) in [6.07, 6.45) is 3.60. The topological polar surface area (TPSA) is 42.5 Å². The molecule has 0 bridgehead atoms. The Kier molecular flexibility index (Phi) is 3.41. The molecular formula is C19H14N4. The van der Waals surface area contributed by atoms with E-state index in [1.165, 1.54) is 0 Å². The average molecular weight is 298 g/mol. The van der Waals surface area contributed by atoms with E-state index in [0.29, 0.717) is 0 Å². The summed E-state index contributed by atoms with van der Waals surface area (Å²) in [4.78, 5) is 4.86. The summed E-state index contributed by atoms with van der Waals surface area (Å²) in [5, 5.41) is 7.98. The van der Waals surface area contributed by atoms with E-state index in [-0.39, 0.29) is 0 Å². The van der Waals surface area contributed by atoms with E-state index >= 15 is 0 Å². The van der Waals surface area contributed by atoms with Crippen molar-refractivity contribution in [2.24, 2.45) is 4.99 Å². The molecule has 2 aromatic heterocycles. The van der Waals surface area contributed by atoms with Gasteiger partial charge < -0.3 is 0 Å². The van der Waals surface area contributed by atoms with Gasteiger partial charge in [-0.1, -0.05) is 60.7 Å².